The first-order valence-corrected chi connectivity index (χ1v) is 10.5. The van der Waals surface area contributed by atoms with Crippen molar-refractivity contribution in [1.82, 2.24) is 5.43 Å². The summed E-state index contributed by atoms with van der Waals surface area (Å²) in [6, 6.07) is 19.8. The molecule has 0 aliphatic heterocycles. The maximum atomic E-state index is 12.5. The molecule has 0 bridgehead atoms. The number of benzene rings is 3. The third kappa shape index (κ3) is 3.81. The second-order valence-electron chi connectivity index (χ2n) is 7.92. The van der Waals surface area contributed by atoms with Crippen molar-refractivity contribution >= 4 is 39.6 Å². The lowest BCUT2D eigenvalue weighted by Gasteiger charge is -2.04. The molecule has 2 aromatic heterocycles. The quantitative estimate of drug-likeness (QED) is 0.195. The number of furan rings is 2. The monoisotopic (exact) mass is 453 g/mol. The zero-order chi connectivity index (χ0) is 23.8. The molecular formula is C26H19N3O5. The fourth-order valence-corrected chi connectivity index (χ4v) is 3.83. The topological polar surface area (TPSA) is 111 Å². The van der Waals surface area contributed by atoms with Gasteiger partial charge in [-0.15, -0.1) is 0 Å². The highest BCUT2D eigenvalue weighted by molar-refractivity contribution is 6.08. The van der Waals surface area contributed by atoms with Crippen molar-refractivity contribution in [3.05, 3.63) is 99.5 Å². The molecule has 8 nitrogen and oxygen atoms in total. The molecule has 1 amide bonds. The molecule has 0 saturated heterocycles. The van der Waals surface area contributed by atoms with Gasteiger partial charge in [-0.25, -0.2) is 5.43 Å². The van der Waals surface area contributed by atoms with Crippen molar-refractivity contribution in [1.29, 1.82) is 0 Å². The largest absolute Gasteiger partial charge is 0.455 e. The van der Waals surface area contributed by atoms with Crippen LogP contribution in [0.1, 0.15) is 27.4 Å². The molecule has 8 heteroatoms. The Bertz CT molecular complexity index is 1610. The van der Waals surface area contributed by atoms with Crippen molar-refractivity contribution in [3.8, 4) is 11.3 Å². The predicted molar refractivity (Wildman–Crippen MR) is 129 cm³/mol. The minimum Gasteiger partial charge on any atom is -0.455 e. The van der Waals surface area contributed by atoms with E-state index >= 15 is 0 Å². The number of aryl methyl sites for hydroxylation is 2. The smallest absolute Gasteiger partial charge is 0.307 e. The molecule has 0 saturated carbocycles. The van der Waals surface area contributed by atoms with Gasteiger partial charge >= 0.3 is 5.91 Å². The summed E-state index contributed by atoms with van der Waals surface area (Å²) in [6.07, 6.45) is 1.33. The van der Waals surface area contributed by atoms with Crippen LogP contribution in [0, 0.1) is 24.0 Å². The van der Waals surface area contributed by atoms with E-state index < -0.39 is 10.8 Å². The number of carbonyl (C=O) groups is 1. The van der Waals surface area contributed by atoms with E-state index in [0.29, 0.717) is 22.7 Å². The van der Waals surface area contributed by atoms with E-state index in [0.717, 1.165) is 27.3 Å². The highest BCUT2D eigenvalue weighted by Gasteiger charge is 2.19. The van der Waals surface area contributed by atoms with Crippen LogP contribution >= 0.6 is 0 Å². The number of nitrogens with zero attached hydrogens (tertiary/aromatic N) is 2. The number of nitro benzene ring substituents is 1. The second kappa shape index (κ2) is 8.32. The zero-order valence-electron chi connectivity index (χ0n) is 18.4. The van der Waals surface area contributed by atoms with Crippen LogP contribution in [0.2, 0.25) is 0 Å². The fourth-order valence-electron chi connectivity index (χ4n) is 3.83. The minimum absolute atomic E-state index is 0.0355. The highest BCUT2D eigenvalue weighted by atomic mass is 16.6. The molecule has 0 spiro atoms. The Morgan fingerprint density at radius 2 is 1.76 bits per heavy atom. The number of hydrogen-bond acceptors (Lipinski definition) is 6. The Morgan fingerprint density at radius 3 is 2.59 bits per heavy atom. The first kappa shape index (κ1) is 21.1. The van der Waals surface area contributed by atoms with Gasteiger partial charge in [0.2, 0.25) is 0 Å². The predicted octanol–water partition coefficient (Wildman–Crippen LogP) is 6.13. The molecule has 0 atom stereocenters. The minimum atomic E-state index is -0.506. The summed E-state index contributed by atoms with van der Waals surface area (Å²) in [5, 5.41) is 18.3. The fraction of sp³-hybridized carbons (Fsp3) is 0.0769. The highest BCUT2D eigenvalue weighted by Crippen LogP contribution is 2.33. The Labute approximate surface area is 193 Å². The lowest BCUT2D eigenvalue weighted by atomic mass is 10.0. The van der Waals surface area contributed by atoms with Crippen LogP contribution in [0.4, 0.5) is 5.69 Å². The summed E-state index contributed by atoms with van der Waals surface area (Å²) in [6.45, 7) is 3.70. The number of hydrogen-bond donors (Lipinski definition) is 1. The maximum Gasteiger partial charge on any atom is 0.307 e. The first-order valence-electron chi connectivity index (χ1n) is 10.5. The van der Waals surface area contributed by atoms with Gasteiger partial charge in [0.25, 0.3) is 5.69 Å². The Balaban J connectivity index is 1.35. The molecule has 34 heavy (non-hydrogen) atoms. The first-order chi connectivity index (χ1) is 16.4. The normalized spacial score (nSPS) is 11.5. The summed E-state index contributed by atoms with van der Waals surface area (Å²) in [5.41, 5.74) is 5.11. The Morgan fingerprint density at radius 1 is 0.971 bits per heavy atom. The van der Waals surface area contributed by atoms with Gasteiger partial charge in [-0.05, 0) is 66.1 Å². The van der Waals surface area contributed by atoms with E-state index in [4.69, 9.17) is 8.83 Å². The van der Waals surface area contributed by atoms with Crippen molar-refractivity contribution in [2.75, 3.05) is 0 Å². The number of amides is 1. The van der Waals surface area contributed by atoms with E-state index in [1.165, 1.54) is 12.3 Å². The van der Waals surface area contributed by atoms with Crippen molar-refractivity contribution in [2.45, 2.75) is 13.8 Å². The van der Waals surface area contributed by atoms with E-state index in [9.17, 15) is 14.9 Å². The van der Waals surface area contributed by atoms with Crippen LogP contribution in [0.25, 0.3) is 33.1 Å². The van der Waals surface area contributed by atoms with E-state index in [2.05, 4.69) is 10.5 Å². The molecule has 1 N–H and O–H groups in total. The van der Waals surface area contributed by atoms with E-state index in [1.54, 1.807) is 24.3 Å². The van der Waals surface area contributed by atoms with Gasteiger partial charge < -0.3 is 8.83 Å². The molecule has 168 valence electrons. The van der Waals surface area contributed by atoms with Gasteiger partial charge in [0.05, 0.1) is 16.7 Å². The molecule has 0 fully saturated rings. The Kier molecular flexibility index (Phi) is 5.18. The summed E-state index contributed by atoms with van der Waals surface area (Å²) in [5.74, 6) is 0.299. The number of rotatable bonds is 5. The van der Waals surface area contributed by atoms with Crippen LogP contribution < -0.4 is 5.43 Å². The van der Waals surface area contributed by atoms with Crippen LogP contribution in [0.15, 0.2) is 80.7 Å². The van der Waals surface area contributed by atoms with Crippen molar-refractivity contribution in [3.63, 3.8) is 0 Å². The van der Waals surface area contributed by atoms with Gasteiger partial charge in [-0.2, -0.15) is 5.10 Å². The lowest BCUT2D eigenvalue weighted by molar-refractivity contribution is -0.384. The molecule has 0 aliphatic carbocycles. The van der Waals surface area contributed by atoms with Gasteiger partial charge in [0.15, 0.2) is 5.76 Å². The molecule has 0 radical (unpaired) electrons. The number of nitro groups is 1. The number of nitrogens with one attached hydrogen (secondary N) is 1. The third-order valence-electron chi connectivity index (χ3n) is 5.71. The summed E-state index contributed by atoms with van der Waals surface area (Å²) in [7, 11) is 0. The molecular weight excluding hydrogens is 434 g/mol. The van der Waals surface area contributed by atoms with Crippen LogP contribution in [-0.2, 0) is 0 Å². The van der Waals surface area contributed by atoms with Gasteiger partial charge in [-0.1, -0.05) is 30.3 Å². The molecule has 0 unspecified atom stereocenters. The summed E-state index contributed by atoms with van der Waals surface area (Å²) >= 11 is 0. The zero-order valence-corrected chi connectivity index (χ0v) is 18.4. The number of hydrazone groups is 1. The van der Waals surface area contributed by atoms with Crippen LogP contribution in [0.5, 0.6) is 0 Å². The van der Waals surface area contributed by atoms with E-state index in [-0.39, 0.29) is 11.4 Å². The van der Waals surface area contributed by atoms with Gasteiger partial charge in [-0.3, -0.25) is 14.9 Å². The average Bonchev–Trinajstić information content (AvgIpc) is 3.48. The Hall–Kier alpha value is -4.72. The lowest BCUT2D eigenvalue weighted by Crippen LogP contribution is -2.16. The molecule has 0 aliphatic rings. The van der Waals surface area contributed by atoms with Gasteiger partial charge in [0, 0.05) is 11.5 Å². The van der Waals surface area contributed by atoms with Crippen LogP contribution in [-0.4, -0.2) is 17.0 Å². The second-order valence-corrected chi connectivity index (χ2v) is 7.92. The third-order valence-corrected chi connectivity index (χ3v) is 5.71. The molecule has 3 aromatic carbocycles. The molecule has 5 aromatic rings. The maximum absolute atomic E-state index is 12.5. The summed E-state index contributed by atoms with van der Waals surface area (Å²) in [4.78, 5) is 23.6. The molecule has 5 rings (SSSR count). The molecule has 2 heterocycles. The summed E-state index contributed by atoms with van der Waals surface area (Å²) < 4.78 is 11.4. The average molecular weight is 453 g/mol. The van der Waals surface area contributed by atoms with Crippen molar-refractivity contribution in [2.24, 2.45) is 5.10 Å². The van der Waals surface area contributed by atoms with Crippen LogP contribution in [0.3, 0.4) is 0 Å². The SMILES string of the molecule is Cc1cc(-c2ccc(C=NNC(=O)c3cc4c(ccc5ccccc54)o3)o2)c([N+](=O)[O-])cc1C. The van der Waals surface area contributed by atoms with E-state index in [1.807, 2.05) is 50.2 Å². The number of fused-ring (bicyclic) bond motifs is 3. The standard InChI is InChI=1S/C26H19N3O5/c1-15-11-21(22(29(31)32)12-16(15)2)24-10-8-18(33-24)14-27-28-26(30)25-13-20-19-6-4-3-5-17(19)7-9-23(20)34-25/h3-14H,1-2H3,(H,28,30). The number of carbonyl (C=O) groups excluding carboxylic acids is 1. The van der Waals surface area contributed by atoms with Crippen molar-refractivity contribution < 1.29 is 18.6 Å². The van der Waals surface area contributed by atoms with Gasteiger partial charge in [0.1, 0.15) is 17.1 Å².